The van der Waals surface area contributed by atoms with Crippen molar-refractivity contribution in [3.8, 4) is 0 Å². The first kappa shape index (κ1) is 13.6. The van der Waals surface area contributed by atoms with E-state index < -0.39 is 0 Å². The van der Waals surface area contributed by atoms with Gasteiger partial charge in [-0.05, 0) is 18.4 Å². The zero-order valence-corrected chi connectivity index (χ0v) is 11.4. The maximum Gasteiger partial charge on any atom is 0.246 e. The van der Waals surface area contributed by atoms with Gasteiger partial charge in [-0.1, -0.05) is 44.2 Å². The maximum atomic E-state index is 12.4. The molecule has 2 rings (SSSR count). The lowest BCUT2D eigenvalue weighted by molar-refractivity contribution is -0.150. The summed E-state index contributed by atoms with van der Waals surface area (Å²) < 4.78 is 0. The van der Waals surface area contributed by atoms with Crippen molar-refractivity contribution < 1.29 is 9.59 Å². The maximum absolute atomic E-state index is 12.4. The molecule has 4 heteroatoms. The summed E-state index contributed by atoms with van der Waals surface area (Å²) in [6, 6.07) is 9.07. The molecule has 1 aliphatic rings. The quantitative estimate of drug-likeness (QED) is 0.896. The van der Waals surface area contributed by atoms with Crippen LogP contribution in [0.1, 0.15) is 32.3 Å². The van der Waals surface area contributed by atoms with Gasteiger partial charge in [0.05, 0.1) is 0 Å². The number of benzene rings is 1. The van der Waals surface area contributed by atoms with Crippen LogP contribution in [0.2, 0.25) is 0 Å². The minimum absolute atomic E-state index is 0.0257. The van der Waals surface area contributed by atoms with Gasteiger partial charge >= 0.3 is 0 Å². The zero-order valence-electron chi connectivity index (χ0n) is 11.4. The molecule has 2 atom stereocenters. The van der Waals surface area contributed by atoms with Crippen LogP contribution < -0.4 is 5.32 Å². The molecule has 0 saturated carbocycles. The molecule has 1 fully saturated rings. The second-order valence-corrected chi connectivity index (χ2v) is 4.85. The third kappa shape index (κ3) is 2.78. The van der Waals surface area contributed by atoms with Crippen molar-refractivity contribution in [2.75, 3.05) is 0 Å². The van der Waals surface area contributed by atoms with Crippen molar-refractivity contribution in [3.05, 3.63) is 35.9 Å². The van der Waals surface area contributed by atoms with Gasteiger partial charge in [0.2, 0.25) is 11.8 Å². The highest BCUT2D eigenvalue weighted by molar-refractivity contribution is 5.96. The van der Waals surface area contributed by atoms with Gasteiger partial charge in [0.15, 0.2) is 0 Å². The Hall–Kier alpha value is -1.84. The number of piperazine rings is 1. The number of amides is 2. The van der Waals surface area contributed by atoms with Crippen LogP contribution in [0, 0.1) is 0 Å². The van der Waals surface area contributed by atoms with E-state index in [2.05, 4.69) is 5.32 Å². The summed E-state index contributed by atoms with van der Waals surface area (Å²) in [6.45, 7) is 4.35. The van der Waals surface area contributed by atoms with E-state index in [0.717, 1.165) is 5.56 Å². The molecule has 1 N–H and O–H groups in total. The van der Waals surface area contributed by atoms with Crippen LogP contribution in [0.15, 0.2) is 30.3 Å². The monoisotopic (exact) mass is 260 g/mol. The van der Waals surface area contributed by atoms with Crippen molar-refractivity contribution >= 4 is 11.8 Å². The Bertz CT molecular complexity index is 458. The van der Waals surface area contributed by atoms with Gasteiger partial charge < -0.3 is 10.2 Å². The largest absolute Gasteiger partial charge is 0.343 e. The van der Waals surface area contributed by atoms with Crippen LogP contribution in [0.3, 0.4) is 0 Å². The molecule has 1 aromatic carbocycles. The lowest BCUT2D eigenvalue weighted by Gasteiger charge is -2.38. The van der Waals surface area contributed by atoms with Crippen molar-refractivity contribution in [2.24, 2.45) is 0 Å². The lowest BCUT2D eigenvalue weighted by atomic mass is 10.0. The second kappa shape index (κ2) is 5.87. The van der Waals surface area contributed by atoms with E-state index in [1.165, 1.54) is 0 Å². The summed E-state index contributed by atoms with van der Waals surface area (Å²) in [5.74, 6) is -0.0114. The normalized spacial score (nSPS) is 23.4. The Morgan fingerprint density at radius 2 is 1.79 bits per heavy atom. The topological polar surface area (TPSA) is 49.4 Å². The molecule has 0 aromatic heterocycles. The van der Waals surface area contributed by atoms with Gasteiger partial charge in [-0.15, -0.1) is 0 Å². The highest BCUT2D eigenvalue weighted by Gasteiger charge is 2.38. The molecule has 1 heterocycles. The van der Waals surface area contributed by atoms with E-state index in [1.807, 2.05) is 44.2 Å². The molecule has 0 spiro atoms. The SMILES string of the molecule is CC[C@@H]1C(=O)N[C@H](CC)C(=O)N1Cc1ccccc1. The standard InChI is InChI=1S/C15H20N2O2/c1-3-12-15(19)17(13(4-2)14(18)16-12)10-11-8-6-5-7-9-11/h5-9,12-13H,3-4,10H2,1-2H3,(H,16,18)/t12-,13-/m1/s1. The Kier molecular flexibility index (Phi) is 4.20. The van der Waals surface area contributed by atoms with Crippen molar-refractivity contribution in [1.82, 2.24) is 10.2 Å². The number of hydrogen-bond acceptors (Lipinski definition) is 2. The zero-order chi connectivity index (χ0) is 13.8. The molecular weight excluding hydrogens is 240 g/mol. The molecular formula is C15H20N2O2. The van der Waals surface area contributed by atoms with E-state index in [4.69, 9.17) is 0 Å². The van der Waals surface area contributed by atoms with E-state index in [0.29, 0.717) is 19.4 Å². The van der Waals surface area contributed by atoms with Crippen LogP contribution in [-0.4, -0.2) is 28.8 Å². The highest BCUT2D eigenvalue weighted by Crippen LogP contribution is 2.18. The van der Waals surface area contributed by atoms with Crippen molar-refractivity contribution in [3.63, 3.8) is 0 Å². The van der Waals surface area contributed by atoms with E-state index >= 15 is 0 Å². The number of nitrogens with one attached hydrogen (secondary N) is 1. The summed E-state index contributed by atoms with van der Waals surface area (Å²) in [4.78, 5) is 26.1. The van der Waals surface area contributed by atoms with Crippen LogP contribution in [-0.2, 0) is 16.1 Å². The van der Waals surface area contributed by atoms with Crippen molar-refractivity contribution in [2.45, 2.75) is 45.3 Å². The van der Waals surface area contributed by atoms with Gasteiger partial charge in [-0.25, -0.2) is 0 Å². The molecule has 2 amide bonds. The third-order valence-corrected chi connectivity index (χ3v) is 3.57. The number of nitrogens with zero attached hydrogens (tertiary/aromatic N) is 1. The summed E-state index contributed by atoms with van der Waals surface area (Å²) in [5.41, 5.74) is 1.05. The molecule has 1 aliphatic heterocycles. The Balaban J connectivity index is 2.22. The first-order valence-corrected chi connectivity index (χ1v) is 6.82. The van der Waals surface area contributed by atoms with E-state index in [1.54, 1.807) is 4.90 Å². The number of carbonyl (C=O) groups is 2. The van der Waals surface area contributed by atoms with Gasteiger partial charge in [0.25, 0.3) is 0 Å². The van der Waals surface area contributed by atoms with Gasteiger partial charge in [0, 0.05) is 6.54 Å². The summed E-state index contributed by atoms with van der Waals surface area (Å²) in [5, 5.41) is 2.80. The summed E-state index contributed by atoms with van der Waals surface area (Å²) in [7, 11) is 0. The predicted molar refractivity (Wildman–Crippen MR) is 73.3 cm³/mol. The molecule has 0 bridgehead atoms. The smallest absolute Gasteiger partial charge is 0.246 e. The fourth-order valence-electron chi connectivity index (χ4n) is 2.48. The third-order valence-electron chi connectivity index (χ3n) is 3.57. The molecule has 0 aliphatic carbocycles. The molecule has 0 radical (unpaired) electrons. The Labute approximate surface area is 113 Å². The lowest BCUT2D eigenvalue weighted by Crippen LogP contribution is -2.62. The van der Waals surface area contributed by atoms with Crippen LogP contribution >= 0.6 is 0 Å². The van der Waals surface area contributed by atoms with Gasteiger partial charge in [-0.2, -0.15) is 0 Å². The molecule has 1 saturated heterocycles. The fourth-order valence-corrected chi connectivity index (χ4v) is 2.48. The first-order valence-electron chi connectivity index (χ1n) is 6.82. The number of carbonyl (C=O) groups excluding carboxylic acids is 2. The summed E-state index contributed by atoms with van der Waals surface area (Å²) in [6.07, 6.45) is 1.27. The molecule has 19 heavy (non-hydrogen) atoms. The Morgan fingerprint density at radius 3 is 2.37 bits per heavy atom. The van der Waals surface area contributed by atoms with Gasteiger partial charge in [0.1, 0.15) is 12.1 Å². The molecule has 102 valence electrons. The fraction of sp³-hybridized carbons (Fsp3) is 0.467. The second-order valence-electron chi connectivity index (χ2n) is 4.85. The minimum Gasteiger partial charge on any atom is -0.343 e. The first-order chi connectivity index (χ1) is 9.17. The number of rotatable bonds is 4. The van der Waals surface area contributed by atoms with Crippen LogP contribution in [0.25, 0.3) is 0 Å². The molecule has 0 unspecified atom stereocenters. The number of hydrogen-bond donors (Lipinski definition) is 1. The average molecular weight is 260 g/mol. The summed E-state index contributed by atoms with van der Waals surface area (Å²) >= 11 is 0. The van der Waals surface area contributed by atoms with Gasteiger partial charge in [-0.3, -0.25) is 9.59 Å². The van der Waals surface area contributed by atoms with E-state index in [9.17, 15) is 9.59 Å². The predicted octanol–water partition coefficient (Wildman–Crippen LogP) is 1.70. The highest BCUT2D eigenvalue weighted by atomic mass is 16.2. The minimum atomic E-state index is -0.376. The van der Waals surface area contributed by atoms with Crippen LogP contribution in [0.4, 0.5) is 0 Å². The van der Waals surface area contributed by atoms with E-state index in [-0.39, 0.29) is 23.9 Å². The Morgan fingerprint density at radius 1 is 1.11 bits per heavy atom. The molecule has 4 nitrogen and oxygen atoms in total. The molecule has 1 aromatic rings. The average Bonchev–Trinajstić information content (AvgIpc) is 2.44. The van der Waals surface area contributed by atoms with Crippen molar-refractivity contribution in [1.29, 1.82) is 0 Å². The van der Waals surface area contributed by atoms with Crippen LogP contribution in [0.5, 0.6) is 0 Å².